The van der Waals surface area contributed by atoms with Crippen LogP contribution in [0.5, 0.6) is 0 Å². The Morgan fingerprint density at radius 3 is 2.54 bits per heavy atom. The molecule has 1 fully saturated rings. The van der Waals surface area contributed by atoms with Crippen molar-refractivity contribution in [2.45, 2.75) is 33.1 Å². The van der Waals surface area contributed by atoms with Crippen LogP contribution in [-0.4, -0.2) is 48.8 Å². The Morgan fingerprint density at radius 2 is 1.88 bits per heavy atom. The average Bonchev–Trinajstić information content (AvgIpc) is 2.63. The Labute approximate surface area is 154 Å². The van der Waals surface area contributed by atoms with Gasteiger partial charge in [-0.15, -0.1) is 0 Å². The van der Waals surface area contributed by atoms with Crippen molar-refractivity contribution < 1.29 is 14.4 Å². The van der Waals surface area contributed by atoms with E-state index in [1.165, 1.54) is 0 Å². The minimum Gasteiger partial charge on any atom is -0.386 e. The number of carbonyl (C=O) groups excluding carboxylic acids is 2. The average molecular weight is 360 g/mol. The molecule has 1 heterocycles. The van der Waals surface area contributed by atoms with Crippen molar-refractivity contribution in [1.82, 2.24) is 10.2 Å². The molecular weight excluding hydrogens is 332 g/mol. The number of amides is 3. The van der Waals surface area contributed by atoms with E-state index in [9.17, 15) is 9.59 Å². The van der Waals surface area contributed by atoms with Crippen LogP contribution in [0.3, 0.4) is 0 Å². The van der Waals surface area contributed by atoms with Gasteiger partial charge in [0, 0.05) is 38.2 Å². The molecule has 1 aromatic rings. The fourth-order valence-corrected chi connectivity index (χ4v) is 2.52. The molecule has 7 heteroatoms. The van der Waals surface area contributed by atoms with Crippen LogP contribution in [0.25, 0.3) is 0 Å². The third-order valence-electron chi connectivity index (χ3n) is 4.09. The second-order valence-electron chi connectivity index (χ2n) is 6.75. The Hall–Kier alpha value is -2.57. The number of piperidine rings is 1. The van der Waals surface area contributed by atoms with Crippen LogP contribution < -0.4 is 10.6 Å². The molecule has 3 amide bonds. The number of oxime groups is 1. The number of hydrogen-bond donors (Lipinski definition) is 2. The zero-order valence-corrected chi connectivity index (χ0v) is 15.5. The van der Waals surface area contributed by atoms with Crippen molar-refractivity contribution >= 4 is 23.3 Å². The number of anilines is 1. The first-order valence-corrected chi connectivity index (χ1v) is 9.10. The molecule has 26 heavy (non-hydrogen) atoms. The number of likely N-dealkylation sites (tertiary alicyclic amines) is 1. The zero-order chi connectivity index (χ0) is 18.8. The minimum absolute atomic E-state index is 0.0696. The van der Waals surface area contributed by atoms with Crippen LogP contribution in [0.2, 0.25) is 0 Å². The zero-order valence-electron chi connectivity index (χ0n) is 15.5. The van der Waals surface area contributed by atoms with Gasteiger partial charge >= 0.3 is 6.03 Å². The van der Waals surface area contributed by atoms with Gasteiger partial charge in [0.25, 0.3) is 5.91 Å². The lowest BCUT2D eigenvalue weighted by atomic mass is 10.1. The molecule has 1 aliphatic heterocycles. The molecule has 0 unspecified atom stereocenters. The molecule has 7 nitrogen and oxygen atoms in total. The lowest BCUT2D eigenvalue weighted by Crippen LogP contribution is -2.41. The number of hydrogen-bond acceptors (Lipinski definition) is 4. The van der Waals surface area contributed by atoms with Gasteiger partial charge in [-0.1, -0.05) is 37.2 Å². The first-order chi connectivity index (χ1) is 12.5. The van der Waals surface area contributed by atoms with Gasteiger partial charge in [0.05, 0.1) is 5.71 Å². The van der Waals surface area contributed by atoms with Crippen molar-refractivity contribution in [3.63, 3.8) is 0 Å². The molecule has 0 bridgehead atoms. The van der Waals surface area contributed by atoms with Crippen LogP contribution >= 0.6 is 0 Å². The van der Waals surface area contributed by atoms with Gasteiger partial charge < -0.3 is 20.4 Å². The molecular formula is C19H28N4O3. The van der Waals surface area contributed by atoms with E-state index in [0.29, 0.717) is 38.4 Å². The van der Waals surface area contributed by atoms with Gasteiger partial charge in [-0.25, -0.2) is 4.79 Å². The number of carbonyl (C=O) groups is 2. The van der Waals surface area contributed by atoms with E-state index in [1.807, 2.05) is 30.3 Å². The summed E-state index contributed by atoms with van der Waals surface area (Å²) in [6.45, 7) is 5.98. The highest BCUT2D eigenvalue weighted by Gasteiger charge is 2.20. The lowest BCUT2D eigenvalue weighted by molar-refractivity contribution is -0.125. The fraction of sp³-hybridized carbons (Fsp3) is 0.526. The van der Waals surface area contributed by atoms with Crippen LogP contribution in [-0.2, 0) is 9.63 Å². The molecule has 2 rings (SSSR count). The molecule has 0 radical (unpaired) electrons. The van der Waals surface area contributed by atoms with E-state index in [2.05, 4.69) is 29.6 Å². The van der Waals surface area contributed by atoms with Crippen LogP contribution in [0.15, 0.2) is 35.5 Å². The molecule has 0 aromatic heterocycles. The van der Waals surface area contributed by atoms with E-state index < -0.39 is 0 Å². The van der Waals surface area contributed by atoms with Crippen molar-refractivity contribution in [2.75, 3.05) is 31.6 Å². The van der Waals surface area contributed by atoms with E-state index in [-0.39, 0.29) is 18.5 Å². The smallest absolute Gasteiger partial charge is 0.321 e. The van der Waals surface area contributed by atoms with Crippen LogP contribution in [0, 0.1) is 5.92 Å². The highest BCUT2D eigenvalue weighted by Crippen LogP contribution is 2.11. The SMILES string of the molecule is CC(C)CCNC(=O)CON=C1CCN(C(=O)Nc2ccccc2)CC1. The largest absolute Gasteiger partial charge is 0.386 e. The maximum atomic E-state index is 12.2. The Morgan fingerprint density at radius 1 is 1.19 bits per heavy atom. The number of para-hydroxylation sites is 1. The van der Waals surface area contributed by atoms with Crippen molar-refractivity contribution in [1.29, 1.82) is 0 Å². The quantitative estimate of drug-likeness (QED) is 0.734. The number of urea groups is 1. The summed E-state index contributed by atoms with van der Waals surface area (Å²) < 4.78 is 0. The summed E-state index contributed by atoms with van der Waals surface area (Å²) in [5, 5.41) is 9.72. The monoisotopic (exact) mass is 360 g/mol. The molecule has 0 saturated carbocycles. The maximum absolute atomic E-state index is 12.2. The number of nitrogens with zero attached hydrogens (tertiary/aromatic N) is 2. The van der Waals surface area contributed by atoms with Crippen LogP contribution in [0.4, 0.5) is 10.5 Å². The summed E-state index contributed by atoms with van der Waals surface area (Å²) in [5.74, 6) is 0.399. The van der Waals surface area contributed by atoms with Gasteiger partial charge in [0.15, 0.2) is 6.61 Å². The first-order valence-electron chi connectivity index (χ1n) is 9.10. The molecule has 142 valence electrons. The summed E-state index contributed by atoms with van der Waals surface area (Å²) in [6, 6.07) is 9.27. The summed E-state index contributed by atoms with van der Waals surface area (Å²) in [7, 11) is 0. The topological polar surface area (TPSA) is 83.0 Å². The second-order valence-corrected chi connectivity index (χ2v) is 6.75. The molecule has 1 saturated heterocycles. The Balaban J connectivity index is 1.65. The third-order valence-corrected chi connectivity index (χ3v) is 4.09. The molecule has 0 spiro atoms. The summed E-state index contributed by atoms with van der Waals surface area (Å²) in [4.78, 5) is 30.7. The number of benzene rings is 1. The predicted octanol–water partition coefficient (Wildman–Crippen LogP) is 2.85. The summed E-state index contributed by atoms with van der Waals surface area (Å²) in [6.07, 6.45) is 2.25. The van der Waals surface area contributed by atoms with E-state index >= 15 is 0 Å². The highest BCUT2D eigenvalue weighted by molar-refractivity contribution is 5.92. The first kappa shape index (κ1) is 19.8. The minimum atomic E-state index is -0.158. The summed E-state index contributed by atoms with van der Waals surface area (Å²) in [5.41, 5.74) is 1.66. The van der Waals surface area contributed by atoms with Gasteiger partial charge in [0.1, 0.15) is 0 Å². The van der Waals surface area contributed by atoms with E-state index in [1.54, 1.807) is 4.90 Å². The predicted molar refractivity (Wildman–Crippen MR) is 102 cm³/mol. The standard InChI is InChI=1S/C19H28N4O3/c1-15(2)8-11-20-18(24)14-26-22-17-9-12-23(13-10-17)19(25)21-16-6-4-3-5-7-16/h3-7,15H,8-14H2,1-2H3,(H,20,24)(H,21,25). The van der Waals surface area contributed by atoms with Crippen LogP contribution in [0.1, 0.15) is 33.1 Å². The molecule has 0 atom stereocenters. The van der Waals surface area contributed by atoms with Gasteiger partial charge in [-0.2, -0.15) is 0 Å². The molecule has 2 N–H and O–H groups in total. The van der Waals surface area contributed by atoms with Crippen molar-refractivity contribution in [2.24, 2.45) is 11.1 Å². The summed E-state index contributed by atoms with van der Waals surface area (Å²) >= 11 is 0. The highest BCUT2D eigenvalue weighted by atomic mass is 16.6. The fourth-order valence-electron chi connectivity index (χ4n) is 2.52. The van der Waals surface area contributed by atoms with E-state index in [4.69, 9.17) is 4.84 Å². The third kappa shape index (κ3) is 7.13. The Kier molecular flexibility index (Phi) is 7.92. The number of rotatable bonds is 7. The van der Waals surface area contributed by atoms with Crippen molar-refractivity contribution in [3.05, 3.63) is 30.3 Å². The van der Waals surface area contributed by atoms with Crippen molar-refractivity contribution in [3.8, 4) is 0 Å². The molecule has 0 aliphatic carbocycles. The Bertz CT molecular complexity index is 606. The normalized spacial score (nSPS) is 14.1. The van der Waals surface area contributed by atoms with Gasteiger partial charge in [-0.3, -0.25) is 4.79 Å². The molecule has 1 aliphatic rings. The lowest BCUT2D eigenvalue weighted by Gasteiger charge is -2.27. The molecule has 1 aromatic carbocycles. The van der Waals surface area contributed by atoms with Gasteiger partial charge in [0.2, 0.25) is 0 Å². The number of nitrogens with one attached hydrogen (secondary N) is 2. The maximum Gasteiger partial charge on any atom is 0.321 e. The van der Waals surface area contributed by atoms with Gasteiger partial charge in [-0.05, 0) is 24.5 Å². The van der Waals surface area contributed by atoms with E-state index in [0.717, 1.165) is 17.8 Å². The second kappa shape index (κ2) is 10.4.